The van der Waals surface area contributed by atoms with Crippen LogP contribution in [0, 0.1) is 5.82 Å². The standard InChI is InChI=1S/C15H17FN2O/c16-12-8-10(19)7-11-14(9-1-2-9)13-3-4-17-5-6-18(13)15(11)12/h7-9,17,19H,1-6H2. The minimum atomic E-state index is -0.301. The molecule has 2 heterocycles. The fraction of sp³-hybridized carbons (Fsp3) is 0.467. The first-order valence-electron chi connectivity index (χ1n) is 7.00. The predicted octanol–water partition coefficient (Wildman–Crippen LogP) is 2.51. The van der Waals surface area contributed by atoms with Gasteiger partial charge in [-0.3, -0.25) is 0 Å². The van der Waals surface area contributed by atoms with Gasteiger partial charge in [-0.15, -0.1) is 0 Å². The second-order valence-corrected chi connectivity index (χ2v) is 5.61. The number of aromatic hydroxyl groups is 1. The van der Waals surface area contributed by atoms with Crippen molar-refractivity contribution < 1.29 is 9.50 Å². The molecule has 0 saturated heterocycles. The summed E-state index contributed by atoms with van der Waals surface area (Å²) in [4.78, 5) is 0. The third-order valence-electron chi connectivity index (χ3n) is 4.28. The Balaban J connectivity index is 2.08. The van der Waals surface area contributed by atoms with E-state index in [9.17, 15) is 9.50 Å². The summed E-state index contributed by atoms with van der Waals surface area (Å²) in [5.74, 6) is 0.300. The highest BCUT2D eigenvalue weighted by molar-refractivity contribution is 5.88. The molecule has 3 nitrogen and oxygen atoms in total. The topological polar surface area (TPSA) is 37.2 Å². The summed E-state index contributed by atoms with van der Waals surface area (Å²) >= 11 is 0. The molecule has 2 N–H and O–H groups in total. The molecule has 1 aromatic heterocycles. The third-order valence-corrected chi connectivity index (χ3v) is 4.28. The smallest absolute Gasteiger partial charge is 0.151 e. The zero-order valence-corrected chi connectivity index (χ0v) is 10.7. The van der Waals surface area contributed by atoms with Gasteiger partial charge in [0, 0.05) is 43.2 Å². The summed E-state index contributed by atoms with van der Waals surface area (Å²) < 4.78 is 16.4. The third kappa shape index (κ3) is 1.66. The number of hydrogen-bond donors (Lipinski definition) is 2. The number of phenolic OH excluding ortho intramolecular Hbond substituents is 1. The summed E-state index contributed by atoms with van der Waals surface area (Å²) in [6, 6.07) is 2.96. The molecule has 0 amide bonds. The molecule has 1 fully saturated rings. The van der Waals surface area contributed by atoms with Crippen LogP contribution in [0.25, 0.3) is 10.9 Å². The van der Waals surface area contributed by atoms with Gasteiger partial charge < -0.3 is 15.0 Å². The summed E-state index contributed by atoms with van der Waals surface area (Å²) in [7, 11) is 0. The number of fused-ring (bicyclic) bond motifs is 3. The molecule has 4 rings (SSSR count). The number of aromatic nitrogens is 1. The molecule has 0 radical (unpaired) electrons. The van der Waals surface area contributed by atoms with Crippen molar-refractivity contribution in [1.29, 1.82) is 0 Å². The number of phenols is 1. The van der Waals surface area contributed by atoms with Gasteiger partial charge in [-0.2, -0.15) is 0 Å². The van der Waals surface area contributed by atoms with E-state index in [4.69, 9.17) is 0 Å². The van der Waals surface area contributed by atoms with Crippen molar-refractivity contribution >= 4 is 10.9 Å². The van der Waals surface area contributed by atoms with Gasteiger partial charge in [0.25, 0.3) is 0 Å². The van der Waals surface area contributed by atoms with Crippen molar-refractivity contribution in [2.24, 2.45) is 0 Å². The number of rotatable bonds is 1. The second-order valence-electron chi connectivity index (χ2n) is 5.61. The molecular weight excluding hydrogens is 243 g/mol. The van der Waals surface area contributed by atoms with Crippen LogP contribution in [0.4, 0.5) is 4.39 Å². The van der Waals surface area contributed by atoms with Crippen LogP contribution < -0.4 is 5.32 Å². The molecule has 2 aliphatic rings. The Bertz CT molecular complexity index is 658. The monoisotopic (exact) mass is 260 g/mol. The van der Waals surface area contributed by atoms with Crippen molar-refractivity contribution in [2.75, 3.05) is 13.1 Å². The Morgan fingerprint density at radius 2 is 2.11 bits per heavy atom. The van der Waals surface area contributed by atoms with Crippen molar-refractivity contribution in [3.05, 3.63) is 29.2 Å². The van der Waals surface area contributed by atoms with Crippen LogP contribution in [0.2, 0.25) is 0 Å². The van der Waals surface area contributed by atoms with E-state index < -0.39 is 0 Å². The lowest BCUT2D eigenvalue weighted by molar-refractivity contribution is 0.470. The zero-order valence-electron chi connectivity index (χ0n) is 10.7. The van der Waals surface area contributed by atoms with Crippen LogP contribution in [0.1, 0.15) is 30.0 Å². The van der Waals surface area contributed by atoms with E-state index in [1.54, 1.807) is 6.07 Å². The second kappa shape index (κ2) is 3.97. The summed E-state index contributed by atoms with van der Waals surface area (Å²) in [6.07, 6.45) is 3.33. The van der Waals surface area contributed by atoms with Crippen LogP contribution in [0.5, 0.6) is 5.75 Å². The molecule has 0 spiro atoms. The van der Waals surface area contributed by atoms with Gasteiger partial charge in [0.1, 0.15) is 5.75 Å². The van der Waals surface area contributed by atoms with Crippen LogP contribution in [0.15, 0.2) is 12.1 Å². The lowest BCUT2D eigenvalue weighted by Gasteiger charge is -2.07. The maximum Gasteiger partial charge on any atom is 0.151 e. The first-order valence-corrected chi connectivity index (χ1v) is 7.00. The molecule has 1 aliphatic heterocycles. The van der Waals surface area contributed by atoms with Crippen LogP contribution in [-0.2, 0) is 13.0 Å². The average Bonchev–Trinajstić information content (AvgIpc) is 3.16. The predicted molar refractivity (Wildman–Crippen MR) is 72.1 cm³/mol. The molecule has 4 heteroatoms. The number of nitrogens with one attached hydrogen (secondary N) is 1. The molecule has 100 valence electrons. The van der Waals surface area contributed by atoms with Gasteiger partial charge >= 0.3 is 0 Å². The van der Waals surface area contributed by atoms with E-state index in [0.717, 1.165) is 31.4 Å². The number of benzene rings is 1. The van der Waals surface area contributed by atoms with Gasteiger partial charge in [-0.05, 0) is 30.4 Å². The minimum Gasteiger partial charge on any atom is -0.508 e. The molecule has 0 unspecified atom stereocenters. The summed E-state index contributed by atoms with van der Waals surface area (Å²) in [6.45, 7) is 2.63. The van der Waals surface area contributed by atoms with Gasteiger partial charge in [0.15, 0.2) is 5.82 Å². The SMILES string of the molecule is Oc1cc(F)c2c(c1)c(C1CC1)c1n2CCNCC1. The maximum atomic E-state index is 14.3. The van der Waals surface area contributed by atoms with Gasteiger partial charge in [0.2, 0.25) is 0 Å². The first-order chi connectivity index (χ1) is 9.25. The van der Waals surface area contributed by atoms with Crippen molar-refractivity contribution in [3.63, 3.8) is 0 Å². The molecule has 1 aromatic carbocycles. The number of halogens is 1. The van der Waals surface area contributed by atoms with Crippen molar-refractivity contribution in [2.45, 2.75) is 31.7 Å². The van der Waals surface area contributed by atoms with E-state index in [2.05, 4.69) is 9.88 Å². The maximum absolute atomic E-state index is 14.3. The summed E-state index contributed by atoms with van der Waals surface area (Å²) in [5.41, 5.74) is 3.24. The minimum absolute atomic E-state index is 0.0331. The molecule has 0 atom stereocenters. The Hall–Kier alpha value is -1.55. The van der Waals surface area contributed by atoms with E-state index in [1.165, 1.54) is 30.2 Å². The number of hydrogen-bond acceptors (Lipinski definition) is 2. The van der Waals surface area contributed by atoms with Crippen LogP contribution in [-0.4, -0.2) is 22.8 Å². The quantitative estimate of drug-likeness (QED) is 0.826. The fourth-order valence-corrected chi connectivity index (χ4v) is 3.37. The lowest BCUT2D eigenvalue weighted by Crippen LogP contribution is -2.17. The lowest BCUT2D eigenvalue weighted by atomic mass is 10.0. The van der Waals surface area contributed by atoms with E-state index in [-0.39, 0.29) is 11.6 Å². The largest absolute Gasteiger partial charge is 0.508 e. The van der Waals surface area contributed by atoms with Crippen molar-refractivity contribution in [1.82, 2.24) is 9.88 Å². The molecular formula is C15H17FN2O. The highest BCUT2D eigenvalue weighted by atomic mass is 19.1. The number of nitrogens with zero attached hydrogens (tertiary/aromatic N) is 1. The van der Waals surface area contributed by atoms with E-state index in [1.807, 2.05) is 0 Å². The van der Waals surface area contributed by atoms with Gasteiger partial charge in [0.05, 0.1) is 5.52 Å². The molecule has 2 aromatic rings. The Kier molecular flexibility index (Phi) is 2.36. The van der Waals surface area contributed by atoms with E-state index in [0.29, 0.717) is 11.4 Å². The highest BCUT2D eigenvalue weighted by Gasteiger charge is 2.32. The molecule has 1 saturated carbocycles. The van der Waals surface area contributed by atoms with Crippen molar-refractivity contribution in [3.8, 4) is 5.75 Å². The fourth-order valence-electron chi connectivity index (χ4n) is 3.37. The normalized spacial score (nSPS) is 19.4. The zero-order chi connectivity index (χ0) is 13.0. The Labute approximate surface area is 111 Å². The first kappa shape index (κ1) is 11.3. The Morgan fingerprint density at radius 3 is 2.89 bits per heavy atom. The summed E-state index contributed by atoms with van der Waals surface area (Å²) in [5, 5.41) is 14.0. The van der Waals surface area contributed by atoms with Gasteiger partial charge in [-0.1, -0.05) is 0 Å². The highest BCUT2D eigenvalue weighted by Crippen LogP contribution is 2.47. The molecule has 19 heavy (non-hydrogen) atoms. The van der Waals surface area contributed by atoms with Crippen LogP contribution in [0.3, 0.4) is 0 Å². The molecule has 0 bridgehead atoms. The molecule has 1 aliphatic carbocycles. The average molecular weight is 260 g/mol. The van der Waals surface area contributed by atoms with Gasteiger partial charge in [-0.25, -0.2) is 4.39 Å². The van der Waals surface area contributed by atoms with Crippen LogP contribution >= 0.6 is 0 Å². The Morgan fingerprint density at radius 1 is 1.26 bits per heavy atom. The van der Waals surface area contributed by atoms with E-state index >= 15 is 0 Å².